The first-order valence-electron chi connectivity index (χ1n) is 8.08. The van der Waals surface area contributed by atoms with E-state index in [-0.39, 0.29) is 24.5 Å². The number of hydrogen-bond acceptors (Lipinski definition) is 4. The van der Waals surface area contributed by atoms with E-state index in [1.807, 2.05) is 19.1 Å². The van der Waals surface area contributed by atoms with E-state index in [0.29, 0.717) is 11.8 Å². The van der Waals surface area contributed by atoms with Crippen molar-refractivity contribution in [3.63, 3.8) is 0 Å². The van der Waals surface area contributed by atoms with Crippen molar-refractivity contribution in [3.8, 4) is 5.75 Å². The summed E-state index contributed by atoms with van der Waals surface area (Å²) in [6.45, 7) is 1.94. The van der Waals surface area contributed by atoms with E-state index in [2.05, 4.69) is 10.6 Å². The van der Waals surface area contributed by atoms with Crippen molar-refractivity contribution >= 4 is 11.8 Å². The number of nitrogens with two attached hydrogens (primary N) is 1. The minimum atomic E-state index is -0.660. The Bertz CT molecular complexity index is 592. The molecule has 0 saturated heterocycles. The van der Waals surface area contributed by atoms with E-state index in [1.54, 1.807) is 12.1 Å². The first-order chi connectivity index (χ1) is 11.0. The van der Waals surface area contributed by atoms with Crippen LogP contribution in [0.5, 0.6) is 5.75 Å². The molecule has 1 aromatic carbocycles. The van der Waals surface area contributed by atoms with Crippen molar-refractivity contribution in [2.75, 3.05) is 6.61 Å². The van der Waals surface area contributed by atoms with Crippen molar-refractivity contribution < 1.29 is 14.3 Å². The maximum Gasteiger partial charge on any atom is 0.258 e. The van der Waals surface area contributed by atoms with Crippen molar-refractivity contribution in [1.29, 1.82) is 0 Å². The lowest BCUT2D eigenvalue weighted by molar-refractivity contribution is -0.124. The van der Waals surface area contributed by atoms with Gasteiger partial charge in [0, 0.05) is 6.04 Å². The second-order valence-electron chi connectivity index (χ2n) is 6.55. The lowest BCUT2D eigenvalue weighted by Crippen LogP contribution is -2.43. The van der Waals surface area contributed by atoms with Crippen LogP contribution < -0.4 is 21.1 Å². The van der Waals surface area contributed by atoms with Crippen LogP contribution in [-0.2, 0) is 9.59 Å². The minimum absolute atomic E-state index is 0.0256. The number of carbonyl (C=O) groups excluding carboxylic acids is 2. The van der Waals surface area contributed by atoms with E-state index in [0.717, 1.165) is 31.2 Å². The molecular formula is C17H23N3O3. The van der Waals surface area contributed by atoms with Gasteiger partial charge in [0.05, 0.1) is 11.6 Å². The Morgan fingerprint density at radius 2 is 1.96 bits per heavy atom. The van der Waals surface area contributed by atoms with Gasteiger partial charge in [-0.2, -0.15) is 0 Å². The average Bonchev–Trinajstić information content (AvgIpc) is 3.44. The van der Waals surface area contributed by atoms with E-state index < -0.39 is 5.54 Å². The van der Waals surface area contributed by atoms with Gasteiger partial charge in [0.2, 0.25) is 5.91 Å². The molecule has 6 nitrogen and oxygen atoms in total. The number of ether oxygens (including phenoxy) is 1. The van der Waals surface area contributed by atoms with Crippen LogP contribution in [0.15, 0.2) is 24.3 Å². The van der Waals surface area contributed by atoms with Gasteiger partial charge in [-0.3, -0.25) is 9.59 Å². The number of carbonyl (C=O) groups is 2. The molecule has 0 aliphatic heterocycles. The summed E-state index contributed by atoms with van der Waals surface area (Å²) in [5.74, 6) is 0.452. The summed E-state index contributed by atoms with van der Waals surface area (Å²) >= 11 is 0. The zero-order valence-electron chi connectivity index (χ0n) is 13.3. The number of nitrogens with one attached hydrogen (secondary N) is 2. The number of amides is 2. The van der Waals surface area contributed by atoms with Crippen LogP contribution in [0.2, 0.25) is 0 Å². The smallest absolute Gasteiger partial charge is 0.258 e. The number of rotatable bonds is 7. The molecule has 0 radical (unpaired) electrons. The van der Waals surface area contributed by atoms with Crippen LogP contribution in [0, 0.1) is 0 Å². The highest BCUT2D eigenvalue weighted by Gasteiger charge is 2.46. The molecule has 1 aromatic rings. The van der Waals surface area contributed by atoms with Gasteiger partial charge in [-0.1, -0.05) is 12.1 Å². The topological polar surface area (TPSA) is 93.5 Å². The van der Waals surface area contributed by atoms with Crippen LogP contribution in [0.3, 0.4) is 0 Å². The van der Waals surface area contributed by atoms with Crippen LogP contribution in [0.4, 0.5) is 0 Å². The SMILES string of the molecule is CC(NC(=O)C1(N)CC1)c1ccc(OCC(=O)NC2CC2)cc1. The highest BCUT2D eigenvalue weighted by molar-refractivity contribution is 5.89. The van der Waals surface area contributed by atoms with E-state index >= 15 is 0 Å². The lowest BCUT2D eigenvalue weighted by Gasteiger charge is -2.17. The van der Waals surface area contributed by atoms with Gasteiger partial charge >= 0.3 is 0 Å². The third-order valence-corrected chi connectivity index (χ3v) is 4.28. The molecule has 0 heterocycles. The van der Waals surface area contributed by atoms with Gasteiger partial charge in [-0.05, 0) is 50.3 Å². The number of hydrogen-bond donors (Lipinski definition) is 3. The highest BCUT2D eigenvalue weighted by Crippen LogP contribution is 2.33. The van der Waals surface area contributed by atoms with Gasteiger partial charge < -0.3 is 21.1 Å². The Balaban J connectivity index is 1.47. The Labute approximate surface area is 135 Å². The van der Waals surface area contributed by atoms with Crippen LogP contribution in [0.25, 0.3) is 0 Å². The molecule has 124 valence electrons. The van der Waals surface area contributed by atoms with Gasteiger partial charge in [0.15, 0.2) is 6.61 Å². The molecule has 1 atom stereocenters. The molecule has 23 heavy (non-hydrogen) atoms. The van der Waals surface area contributed by atoms with Crippen LogP contribution in [0.1, 0.15) is 44.2 Å². The second-order valence-corrected chi connectivity index (χ2v) is 6.55. The molecule has 0 spiro atoms. The van der Waals surface area contributed by atoms with Gasteiger partial charge in [-0.25, -0.2) is 0 Å². The summed E-state index contributed by atoms with van der Waals surface area (Å²) in [5.41, 5.74) is 6.19. The van der Waals surface area contributed by atoms with E-state index in [1.165, 1.54) is 0 Å². The molecular weight excluding hydrogens is 294 g/mol. The Morgan fingerprint density at radius 3 is 2.52 bits per heavy atom. The molecule has 6 heteroatoms. The predicted octanol–water partition coefficient (Wildman–Crippen LogP) is 1.01. The van der Waals surface area contributed by atoms with Crippen molar-refractivity contribution in [1.82, 2.24) is 10.6 Å². The summed E-state index contributed by atoms with van der Waals surface area (Å²) in [6.07, 6.45) is 3.63. The van der Waals surface area contributed by atoms with Crippen molar-refractivity contribution in [3.05, 3.63) is 29.8 Å². The summed E-state index contributed by atoms with van der Waals surface area (Å²) in [4.78, 5) is 23.5. The predicted molar refractivity (Wildman–Crippen MR) is 85.8 cm³/mol. The Morgan fingerprint density at radius 1 is 1.30 bits per heavy atom. The fourth-order valence-corrected chi connectivity index (χ4v) is 2.28. The van der Waals surface area contributed by atoms with Crippen molar-refractivity contribution in [2.45, 2.75) is 50.2 Å². The Hall–Kier alpha value is -2.08. The third-order valence-electron chi connectivity index (χ3n) is 4.28. The van der Waals surface area contributed by atoms with Gasteiger partial charge in [0.1, 0.15) is 5.75 Å². The quantitative estimate of drug-likeness (QED) is 0.700. The van der Waals surface area contributed by atoms with Gasteiger partial charge in [0.25, 0.3) is 5.91 Å². The zero-order valence-corrected chi connectivity index (χ0v) is 13.3. The molecule has 0 bridgehead atoms. The molecule has 0 aromatic heterocycles. The molecule has 2 amide bonds. The molecule has 2 aliphatic carbocycles. The fourth-order valence-electron chi connectivity index (χ4n) is 2.28. The Kier molecular flexibility index (Phi) is 4.26. The minimum Gasteiger partial charge on any atom is -0.484 e. The third kappa shape index (κ3) is 4.22. The maximum atomic E-state index is 11.9. The maximum absolute atomic E-state index is 11.9. The summed E-state index contributed by atoms with van der Waals surface area (Å²) in [7, 11) is 0. The molecule has 1 unspecified atom stereocenters. The first kappa shape index (κ1) is 15.8. The van der Waals surface area contributed by atoms with Crippen molar-refractivity contribution in [2.24, 2.45) is 5.73 Å². The van der Waals surface area contributed by atoms with Crippen LogP contribution in [-0.4, -0.2) is 30.0 Å². The standard InChI is InChI=1S/C17H23N3O3/c1-11(19-16(22)17(18)8-9-17)12-2-6-14(7-3-12)23-10-15(21)20-13-4-5-13/h2-3,6-7,11,13H,4-5,8-10,18H2,1H3,(H,19,22)(H,20,21). The highest BCUT2D eigenvalue weighted by atomic mass is 16.5. The second kappa shape index (κ2) is 6.20. The molecule has 2 fully saturated rings. The largest absolute Gasteiger partial charge is 0.484 e. The van der Waals surface area contributed by atoms with Gasteiger partial charge in [-0.15, -0.1) is 0 Å². The van der Waals surface area contributed by atoms with E-state index in [9.17, 15) is 9.59 Å². The molecule has 3 rings (SSSR count). The monoisotopic (exact) mass is 317 g/mol. The summed E-state index contributed by atoms with van der Waals surface area (Å²) in [6, 6.07) is 7.60. The lowest BCUT2D eigenvalue weighted by atomic mass is 10.1. The first-order valence-corrected chi connectivity index (χ1v) is 8.08. The van der Waals surface area contributed by atoms with Crippen LogP contribution >= 0.6 is 0 Å². The fraction of sp³-hybridized carbons (Fsp3) is 0.529. The summed E-state index contributed by atoms with van der Waals surface area (Å²) < 4.78 is 5.46. The molecule has 2 saturated carbocycles. The average molecular weight is 317 g/mol. The normalized spacial score (nSPS) is 19.6. The van der Waals surface area contributed by atoms with E-state index in [4.69, 9.17) is 10.5 Å². The zero-order chi connectivity index (χ0) is 16.4. The number of benzene rings is 1. The molecule has 4 N–H and O–H groups in total. The summed E-state index contributed by atoms with van der Waals surface area (Å²) in [5, 5.41) is 5.80. The molecule has 2 aliphatic rings.